The fourth-order valence-corrected chi connectivity index (χ4v) is 2.87. The van der Waals surface area contributed by atoms with E-state index >= 15 is 0 Å². The van der Waals surface area contributed by atoms with E-state index in [0.29, 0.717) is 0 Å². The predicted octanol–water partition coefficient (Wildman–Crippen LogP) is 4.65. The number of allylic oxidation sites excluding steroid dienone is 4. The molecule has 0 radical (unpaired) electrons. The Kier molecular flexibility index (Phi) is 6.74. The second kappa shape index (κ2) is 9.02. The molecule has 0 heterocycles. The van der Waals surface area contributed by atoms with Crippen LogP contribution in [0.4, 0.5) is 0 Å². The largest absolute Gasteiger partial charge is 0.465 e. The van der Waals surface area contributed by atoms with Crippen LogP contribution in [0.15, 0.2) is 59.2 Å². The number of ether oxygens (including phenoxy) is 1. The fourth-order valence-electron chi connectivity index (χ4n) is 2.87. The van der Waals surface area contributed by atoms with Crippen LogP contribution in [-0.4, -0.2) is 18.9 Å². The number of esters is 1. The molecule has 0 spiro atoms. The van der Waals surface area contributed by atoms with E-state index in [1.54, 1.807) is 12.2 Å². The molecule has 0 amide bonds. The standard InChI is InChI=1S/C21H24O3/c1-16-10-5-3-8-14-18(16)20(22)19(21(23)24-2)15-9-13-17-11-6-4-7-12-17/h4,6-7,9,11-13,15H,3,5,8,10,14H2,1-2H3/b13-9+,19-15-. The smallest absolute Gasteiger partial charge is 0.341 e. The Bertz CT molecular complexity index is 678. The summed E-state index contributed by atoms with van der Waals surface area (Å²) in [6.07, 6.45) is 10.0. The van der Waals surface area contributed by atoms with Gasteiger partial charge in [0.25, 0.3) is 0 Å². The van der Waals surface area contributed by atoms with Crippen molar-refractivity contribution in [2.24, 2.45) is 0 Å². The number of methoxy groups -OCH3 is 1. The van der Waals surface area contributed by atoms with Gasteiger partial charge in [0.05, 0.1) is 7.11 Å². The summed E-state index contributed by atoms with van der Waals surface area (Å²) >= 11 is 0. The van der Waals surface area contributed by atoms with Crippen LogP contribution in [0.1, 0.15) is 44.6 Å². The quantitative estimate of drug-likeness (QED) is 0.260. The molecular weight excluding hydrogens is 300 g/mol. The predicted molar refractivity (Wildman–Crippen MR) is 96.4 cm³/mol. The van der Waals surface area contributed by atoms with Crippen molar-refractivity contribution in [2.45, 2.75) is 39.0 Å². The number of Topliss-reactive ketones (excluding diaryl/α,β-unsaturated/α-hetero) is 1. The monoisotopic (exact) mass is 324 g/mol. The van der Waals surface area contributed by atoms with Crippen molar-refractivity contribution in [3.05, 3.63) is 64.8 Å². The van der Waals surface area contributed by atoms with Crippen LogP contribution in [0.5, 0.6) is 0 Å². The molecule has 1 aliphatic rings. The van der Waals surface area contributed by atoms with Crippen LogP contribution in [0.2, 0.25) is 0 Å². The van der Waals surface area contributed by atoms with E-state index in [9.17, 15) is 9.59 Å². The lowest BCUT2D eigenvalue weighted by molar-refractivity contribution is -0.137. The fraction of sp³-hybridized carbons (Fsp3) is 0.333. The maximum absolute atomic E-state index is 12.8. The van der Waals surface area contributed by atoms with Crippen molar-refractivity contribution in [1.29, 1.82) is 0 Å². The zero-order valence-corrected chi connectivity index (χ0v) is 14.4. The molecule has 0 saturated heterocycles. The van der Waals surface area contributed by atoms with Crippen LogP contribution in [0.3, 0.4) is 0 Å². The molecule has 0 atom stereocenters. The third kappa shape index (κ3) is 4.79. The minimum absolute atomic E-state index is 0.0981. The summed E-state index contributed by atoms with van der Waals surface area (Å²) in [7, 11) is 1.30. The molecule has 24 heavy (non-hydrogen) atoms. The first-order valence-electron chi connectivity index (χ1n) is 8.38. The van der Waals surface area contributed by atoms with Crippen molar-refractivity contribution >= 4 is 17.8 Å². The SMILES string of the molecule is COC(=O)/C(=C\C=C\c1ccccc1)C(=O)C1=C(C)CCCCC1. The second-order valence-electron chi connectivity index (χ2n) is 5.99. The van der Waals surface area contributed by atoms with E-state index in [0.717, 1.165) is 48.8 Å². The Labute approximate surface area is 143 Å². The van der Waals surface area contributed by atoms with Gasteiger partial charge >= 0.3 is 5.97 Å². The van der Waals surface area contributed by atoms with E-state index in [2.05, 4.69) is 0 Å². The third-order valence-corrected chi connectivity index (χ3v) is 4.27. The lowest BCUT2D eigenvalue weighted by Crippen LogP contribution is -2.17. The molecule has 0 bridgehead atoms. The molecule has 2 rings (SSSR count). The second-order valence-corrected chi connectivity index (χ2v) is 5.99. The van der Waals surface area contributed by atoms with E-state index in [1.165, 1.54) is 7.11 Å². The highest BCUT2D eigenvalue weighted by atomic mass is 16.5. The lowest BCUT2D eigenvalue weighted by Gasteiger charge is -2.10. The molecule has 1 aromatic rings. The highest BCUT2D eigenvalue weighted by Crippen LogP contribution is 2.26. The van der Waals surface area contributed by atoms with Crippen molar-refractivity contribution in [2.75, 3.05) is 7.11 Å². The first kappa shape index (κ1) is 17.9. The minimum atomic E-state index is -0.581. The highest BCUT2D eigenvalue weighted by Gasteiger charge is 2.24. The van der Waals surface area contributed by atoms with E-state index in [1.807, 2.05) is 43.3 Å². The van der Waals surface area contributed by atoms with Gasteiger partial charge in [0.2, 0.25) is 0 Å². The van der Waals surface area contributed by atoms with E-state index in [-0.39, 0.29) is 11.4 Å². The van der Waals surface area contributed by atoms with Crippen LogP contribution in [0.25, 0.3) is 6.08 Å². The number of hydrogen-bond acceptors (Lipinski definition) is 3. The summed E-state index contributed by atoms with van der Waals surface area (Å²) in [5, 5.41) is 0. The topological polar surface area (TPSA) is 43.4 Å². The number of rotatable bonds is 5. The van der Waals surface area contributed by atoms with Crippen LogP contribution in [0, 0.1) is 0 Å². The van der Waals surface area contributed by atoms with Crippen LogP contribution in [-0.2, 0) is 14.3 Å². The number of ketones is 1. The first-order chi connectivity index (χ1) is 11.6. The van der Waals surface area contributed by atoms with Crippen LogP contribution < -0.4 is 0 Å². The van der Waals surface area contributed by atoms with Gasteiger partial charge in [-0.2, -0.15) is 0 Å². The molecule has 3 nitrogen and oxygen atoms in total. The average molecular weight is 324 g/mol. The molecule has 0 aromatic heterocycles. The highest BCUT2D eigenvalue weighted by molar-refractivity contribution is 6.24. The Morgan fingerprint density at radius 1 is 1.04 bits per heavy atom. The van der Waals surface area contributed by atoms with Crippen molar-refractivity contribution in [3.63, 3.8) is 0 Å². The van der Waals surface area contributed by atoms with Gasteiger partial charge in [0.1, 0.15) is 5.57 Å². The van der Waals surface area contributed by atoms with E-state index < -0.39 is 5.97 Å². The molecule has 0 aliphatic heterocycles. The average Bonchev–Trinajstić information content (AvgIpc) is 2.83. The number of carbonyl (C=O) groups is 2. The Balaban J connectivity index is 2.27. The molecule has 126 valence electrons. The Hall–Kier alpha value is -2.42. The molecule has 0 fully saturated rings. The number of carbonyl (C=O) groups excluding carboxylic acids is 2. The van der Waals surface area contributed by atoms with Gasteiger partial charge in [-0.05, 0) is 49.8 Å². The Morgan fingerprint density at radius 2 is 1.75 bits per heavy atom. The summed E-state index contributed by atoms with van der Waals surface area (Å²) in [6.45, 7) is 1.99. The van der Waals surface area contributed by atoms with Crippen molar-refractivity contribution in [3.8, 4) is 0 Å². The summed E-state index contributed by atoms with van der Waals surface area (Å²) < 4.78 is 4.81. The molecule has 1 aromatic carbocycles. The molecule has 0 saturated carbocycles. The summed E-state index contributed by atoms with van der Waals surface area (Å²) in [6, 6.07) is 9.74. The zero-order valence-electron chi connectivity index (χ0n) is 14.4. The van der Waals surface area contributed by atoms with Gasteiger partial charge in [-0.1, -0.05) is 54.5 Å². The maximum Gasteiger partial charge on any atom is 0.341 e. The molecule has 0 N–H and O–H groups in total. The number of benzene rings is 1. The van der Waals surface area contributed by atoms with Crippen LogP contribution >= 0.6 is 0 Å². The van der Waals surface area contributed by atoms with Gasteiger partial charge in [0.15, 0.2) is 5.78 Å². The van der Waals surface area contributed by atoms with Crippen molar-refractivity contribution < 1.29 is 14.3 Å². The summed E-state index contributed by atoms with van der Waals surface area (Å²) in [5.41, 5.74) is 2.98. The lowest BCUT2D eigenvalue weighted by atomic mass is 9.95. The van der Waals surface area contributed by atoms with Gasteiger partial charge < -0.3 is 4.74 Å². The maximum atomic E-state index is 12.8. The molecule has 3 heteroatoms. The van der Waals surface area contributed by atoms with Crippen molar-refractivity contribution in [1.82, 2.24) is 0 Å². The summed E-state index contributed by atoms with van der Waals surface area (Å²) in [5.74, 6) is -0.777. The third-order valence-electron chi connectivity index (χ3n) is 4.27. The number of hydrogen-bond donors (Lipinski definition) is 0. The van der Waals surface area contributed by atoms with Gasteiger partial charge in [-0.15, -0.1) is 0 Å². The first-order valence-corrected chi connectivity index (χ1v) is 8.38. The van der Waals surface area contributed by atoms with Gasteiger partial charge in [0, 0.05) is 0 Å². The van der Waals surface area contributed by atoms with Gasteiger partial charge in [-0.25, -0.2) is 4.79 Å². The molecular formula is C21H24O3. The molecule has 1 aliphatic carbocycles. The minimum Gasteiger partial charge on any atom is -0.465 e. The normalized spacial score (nSPS) is 16.2. The van der Waals surface area contributed by atoms with Gasteiger partial charge in [-0.3, -0.25) is 4.79 Å². The van der Waals surface area contributed by atoms with E-state index in [4.69, 9.17) is 4.74 Å². The Morgan fingerprint density at radius 3 is 2.46 bits per heavy atom. The summed E-state index contributed by atoms with van der Waals surface area (Å²) in [4.78, 5) is 24.9. The zero-order chi connectivity index (χ0) is 17.4. The molecule has 0 unspecified atom stereocenters.